The molecule has 1 N–H and O–H groups in total. The molecule has 0 radical (unpaired) electrons. The largest absolute Gasteiger partial charge is 0.444 e. The first-order valence-electron chi connectivity index (χ1n) is 41.6. The Labute approximate surface area is 747 Å². The zero-order chi connectivity index (χ0) is 86.0. The minimum Gasteiger partial charge on any atom is -0.444 e. The van der Waals surface area contributed by atoms with Gasteiger partial charge in [-0.2, -0.15) is 0 Å². The van der Waals surface area contributed by atoms with Crippen molar-refractivity contribution in [3.05, 3.63) is 241 Å². The fraction of sp³-hybridized carbons (Fsp3) is 0.473. The normalized spacial score (nSPS) is 24.4. The second-order valence-corrected chi connectivity index (χ2v) is 41.2. The average molecular weight is 1790 g/mol. The number of halogens is 6. The number of rotatable bonds is 21. The summed E-state index contributed by atoms with van der Waals surface area (Å²) in [5, 5.41) is 10.1. The number of likely N-dealkylation sites (N-methyl/N-ethyl adjacent to an activating group) is 1. The number of amides is 4. The summed E-state index contributed by atoms with van der Waals surface area (Å²) in [6.45, 7) is 42.1. The molecule has 9 atom stereocenters. The van der Waals surface area contributed by atoms with Crippen LogP contribution in [0.4, 0.5) is 4.79 Å². The maximum atomic E-state index is 14.5. The molecule has 6 aromatic rings. The Balaban J connectivity index is 0.000000155. The fourth-order valence-corrected chi connectivity index (χ4v) is 22.2. The van der Waals surface area contributed by atoms with E-state index in [9.17, 15) is 19.2 Å². The number of nitrogens with zero attached hydrogens (tertiary/aromatic N) is 11. The quantitative estimate of drug-likeness (QED) is 0.0728. The summed E-state index contributed by atoms with van der Waals surface area (Å²) in [5.41, 5.74) is 7.17. The van der Waals surface area contributed by atoms with E-state index in [-0.39, 0.29) is 83.9 Å². The molecule has 119 heavy (non-hydrogen) atoms. The summed E-state index contributed by atoms with van der Waals surface area (Å²) in [4.78, 5) is 90.7. The van der Waals surface area contributed by atoms with E-state index in [4.69, 9.17) is 89.3 Å². The van der Waals surface area contributed by atoms with Crippen LogP contribution in [0.15, 0.2) is 192 Å². The zero-order valence-electron chi connectivity index (χ0n) is 71.6. The molecule has 0 spiro atoms. The monoisotopic (exact) mass is 1780 g/mol. The minimum atomic E-state index is -0.632. The standard InChI is InChI=1S/C34H42Cl2N4O3S.C30H36Cl2N4OS.C29H34Cl2N4OS/c1-20(2)27-28(30(41)39(21(3)4)19-26-17-18-38(26)32(42)43-33(5,6)7)44-31-37-34(8,23-11-15-25(36)16-12-23)29(40(27)31)22-9-13-24(35)14-10-22;1-18(2)25-26(28(37)35(19(3)4)17-24-15-16-34(24)6)38-29-33-30(5,21-9-13-23(32)14-10-21)27(36(25)29)20-7-11-22(31)12-8-20;1-17(2)24-25(27(36)34(18(3)4)16-23-14-15-32-23)37-28-33-29(5,20-8-12-22(31)13-9-20)26(35(24)28)19-6-10-21(30)11-7-19/h9-16,20-21,26,29H,17-19H2,1-8H3;7-14,18-19,24,27H,15-17H2,1-6H3;6-13,17-18,23,26,32H,14-16H2,1-5H3/t26-,29+,34-;24-,27+,30-;23-,26+,29-/m000/s1. The molecule has 0 aliphatic carbocycles. The first-order valence-corrected chi connectivity index (χ1v) is 46.3. The summed E-state index contributed by atoms with van der Waals surface area (Å²) in [6.07, 6.45) is 2.74. The maximum Gasteiger partial charge on any atom is 0.410 e. The van der Waals surface area contributed by atoms with Crippen LogP contribution >= 0.6 is 105 Å². The molecule has 0 aromatic heterocycles. The maximum absolute atomic E-state index is 14.5. The van der Waals surface area contributed by atoms with E-state index < -0.39 is 22.2 Å². The van der Waals surface area contributed by atoms with E-state index in [1.54, 1.807) is 4.90 Å². The highest BCUT2D eigenvalue weighted by Crippen LogP contribution is 2.60. The molecule has 3 saturated heterocycles. The number of ether oxygens (including phenoxy) is 1. The van der Waals surface area contributed by atoms with Gasteiger partial charge in [0.05, 0.1) is 24.2 Å². The molecule has 634 valence electrons. The lowest BCUT2D eigenvalue weighted by Crippen LogP contribution is -2.58. The number of aliphatic imine (C=N–C) groups is 3. The van der Waals surface area contributed by atoms with Gasteiger partial charge in [-0.3, -0.25) is 14.4 Å². The zero-order valence-corrected chi connectivity index (χ0v) is 78.6. The molecular formula is C93H112Cl6N12O5S3. The van der Waals surface area contributed by atoms with Crippen molar-refractivity contribution >= 4 is 144 Å². The third-order valence-electron chi connectivity index (χ3n) is 24.1. The van der Waals surface area contributed by atoms with Crippen LogP contribution in [0.5, 0.6) is 0 Å². The number of likely N-dealkylation sites (tertiary alicyclic amines) is 2. The van der Waals surface area contributed by atoms with Crippen molar-refractivity contribution in [1.82, 2.24) is 44.5 Å². The van der Waals surface area contributed by atoms with Crippen LogP contribution in [-0.2, 0) is 35.7 Å². The molecule has 9 aliphatic heterocycles. The lowest BCUT2D eigenvalue weighted by Gasteiger charge is -2.44. The molecule has 3 fully saturated rings. The Hall–Kier alpha value is -6.66. The van der Waals surface area contributed by atoms with Crippen LogP contribution in [0.1, 0.15) is 195 Å². The van der Waals surface area contributed by atoms with E-state index in [0.29, 0.717) is 60.2 Å². The number of amidine groups is 3. The van der Waals surface area contributed by atoms with Crippen molar-refractivity contribution in [2.45, 2.75) is 220 Å². The molecule has 9 heterocycles. The van der Waals surface area contributed by atoms with Crippen molar-refractivity contribution in [3.8, 4) is 0 Å². The van der Waals surface area contributed by atoms with Gasteiger partial charge in [-0.15, -0.1) is 0 Å². The number of carbonyl (C=O) groups is 4. The van der Waals surface area contributed by atoms with E-state index in [0.717, 1.165) is 121 Å². The van der Waals surface area contributed by atoms with Crippen molar-refractivity contribution < 1.29 is 23.9 Å². The molecular weight excluding hydrogens is 1670 g/mol. The van der Waals surface area contributed by atoms with Crippen LogP contribution in [0.3, 0.4) is 0 Å². The number of thioether (sulfide) groups is 3. The molecule has 0 bridgehead atoms. The highest BCUT2D eigenvalue weighted by Gasteiger charge is 2.58. The number of hydrogen-bond acceptors (Lipinski definition) is 16. The topological polar surface area (TPSA) is 153 Å². The molecule has 0 unspecified atom stereocenters. The summed E-state index contributed by atoms with van der Waals surface area (Å²) in [6, 6.07) is 48.1. The molecule has 17 nitrogen and oxygen atoms in total. The van der Waals surface area contributed by atoms with Crippen LogP contribution in [0, 0.1) is 17.8 Å². The van der Waals surface area contributed by atoms with Crippen molar-refractivity contribution in [2.75, 3.05) is 46.3 Å². The van der Waals surface area contributed by atoms with Crippen molar-refractivity contribution in [1.29, 1.82) is 0 Å². The number of fused-ring (bicyclic) bond motifs is 3. The molecule has 4 amide bonds. The first-order chi connectivity index (χ1) is 56.2. The van der Waals surface area contributed by atoms with Gasteiger partial charge in [-0.1, -0.05) is 184 Å². The molecule has 15 rings (SSSR count). The van der Waals surface area contributed by atoms with Gasteiger partial charge in [-0.05, 0) is 282 Å². The van der Waals surface area contributed by atoms with Gasteiger partial charge in [0.2, 0.25) is 0 Å². The average Bonchev–Trinajstić information content (AvgIpc) is 1.57. The van der Waals surface area contributed by atoms with Gasteiger partial charge in [0.25, 0.3) is 17.7 Å². The smallest absolute Gasteiger partial charge is 0.410 e. The SMILES string of the molecule is CC(C)C1=C(C(=O)N(C[C@@H]2CCN2)C(C)C)SC2=N[C@@](C)(c3ccc(Cl)cc3)[C@@H](c3ccc(Cl)cc3)N21.CC(C)C1=C(C(=O)N(C[C@@H]2CCN2C(=O)OC(C)(C)C)C(C)C)SC2=N[C@@](C)(c3ccc(Cl)cc3)[C@@H](c3ccc(Cl)cc3)N21.CC(C)C1=C(C(=O)N(C[C@@H]2CCN2C)C(C)C)SC2=N[C@@](C)(c3ccc(Cl)cc3)[C@@H](c3ccc(Cl)cc3)N21. The Morgan fingerprint density at radius 1 is 0.437 bits per heavy atom. The highest BCUT2D eigenvalue weighted by atomic mass is 35.5. The second kappa shape index (κ2) is 36.3. The number of allylic oxidation sites excluding steroid dienone is 3. The second-order valence-electron chi connectivity index (χ2n) is 35.7. The molecule has 0 saturated carbocycles. The van der Waals surface area contributed by atoms with Crippen molar-refractivity contribution in [2.24, 2.45) is 32.7 Å². The van der Waals surface area contributed by atoms with E-state index in [1.165, 1.54) is 35.3 Å². The Morgan fingerprint density at radius 2 is 0.714 bits per heavy atom. The van der Waals surface area contributed by atoms with Crippen LogP contribution in [0.25, 0.3) is 0 Å². The van der Waals surface area contributed by atoms with Gasteiger partial charge >= 0.3 is 6.09 Å². The number of hydrogen-bond donors (Lipinski definition) is 1. The highest BCUT2D eigenvalue weighted by molar-refractivity contribution is 8.18. The Kier molecular flexibility index (Phi) is 27.4. The lowest BCUT2D eigenvalue weighted by molar-refractivity contribution is -0.130. The van der Waals surface area contributed by atoms with Crippen LogP contribution < -0.4 is 5.32 Å². The summed E-state index contributed by atoms with van der Waals surface area (Å²) in [7, 11) is 2.14. The van der Waals surface area contributed by atoms with Gasteiger partial charge in [0.15, 0.2) is 15.5 Å². The Bertz CT molecular complexity index is 4980. The Morgan fingerprint density at radius 3 is 0.941 bits per heavy atom. The predicted molar refractivity (Wildman–Crippen MR) is 495 cm³/mol. The summed E-state index contributed by atoms with van der Waals surface area (Å²) in [5.74, 6) is 0.485. The fourth-order valence-electron chi connectivity index (χ4n) is 17.4. The predicted octanol–water partition coefficient (Wildman–Crippen LogP) is 22.5. The van der Waals surface area contributed by atoms with E-state index >= 15 is 0 Å². The summed E-state index contributed by atoms with van der Waals surface area (Å²) >= 11 is 42.1. The third-order valence-corrected chi connectivity index (χ3v) is 28.8. The summed E-state index contributed by atoms with van der Waals surface area (Å²) < 4.78 is 5.63. The number of carbonyl (C=O) groups excluding carboxylic acids is 4. The first kappa shape index (κ1) is 90.1. The number of benzene rings is 6. The van der Waals surface area contributed by atoms with E-state index in [1.807, 2.05) is 146 Å². The van der Waals surface area contributed by atoms with E-state index in [2.05, 4.69) is 171 Å². The molecule has 26 heteroatoms. The van der Waals surface area contributed by atoms with Gasteiger partial charge < -0.3 is 49.3 Å². The molecule has 6 aromatic carbocycles. The number of nitrogens with one attached hydrogen (secondary N) is 1. The van der Waals surface area contributed by atoms with Crippen LogP contribution in [0.2, 0.25) is 30.1 Å². The van der Waals surface area contributed by atoms with Gasteiger partial charge in [-0.25, -0.2) is 19.8 Å². The van der Waals surface area contributed by atoms with Gasteiger partial charge in [0.1, 0.15) is 36.9 Å². The van der Waals surface area contributed by atoms with Gasteiger partial charge in [0, 0.05) is 104 Å². The van der Waals surface area contributed by atoms with Crippen molar-refractivity contribution in [3.63, 3.8) is 0 Å². The van der Waals surface area contributed by atoms with Crippen LogP contribution in [-0.4, -0.2) is 167 Å². The lowest BCUT2D eigenvalue weighted by atomic mass is 9.81. The minimum absolute atomic E-state index is 0.0371. The third kappa shape index (κ3) is 18.3. The molecule has 9 aliphatic rings.